The first-order valence-corrected chi connectivity index (χ1v) is 7.52. The average molecular weight is 301 g/mol. The second kappa shape index (κ2) is 6.22. The molecule has 1 fully saturated rings. The quantitative estimate of drug-likeness (QED) is 0.635. The molecule has 1 saturated heterocycles. The van der Waals surface area contributed by atoms with Gasteiger partial charge in [0.15, 0.2) is 11.6 Å². The number of rotatable bonds is 1. The standard InChI is InChI=1S/C15H13NO4.C2H6/c1-7-6-10(17)16-15(20)11(7)12-13(18)8-4-2-3-5-9(8)14(12)19;1-2/h2-5,7,11-12H,6H2,1H3,(H,16,17,20);1-2H3. The molecule has 1 N–H and O–H groups in total. The number of carbonyl (C=O) groups excluding carboxylic acids is 4. The number of fused-ring (bicyclic) bond motifs is 1. The van der Waals surface area contributed by atoms with E-state index in [-0.39, 0.29) is 29.8 Å². The molecule has 1 aliphatic carbocycles. The molecule has 0 saturated carbocycles. The molecule has 2 unspecified atom stereocenters. The van der Waals surface area contributed by atoms with Gasteiger partial charge in [0.1, 0.15) is 0 Å². The number of Topliss-reactive ketones (excluding diaryl/α,β-unsaturated/α-hetero) is 2. The van der Waals surface area contributed by atoms with Crippen molar-refractivity contribution < 1.29 is 19.2 Å². The predicted molar refractivity (Wildman–Crippen MR) is 80.4 cm³/mol. The fourth-order valence-corrected chi connectivity index (χ4v) is 3.12. The van der Waals surface area contributed by atoms with Gasteiger partial charge in [0.05, 0.1) is 11.8 Å². The van der Waals surface area contributed by atoms with Crippen LogP contribution in [-0.2, 0) is 9.59 Å². The van der Waals surface area contributed by atoms with Crippen LogP contribution in [0.1, 0.15) is 47.9 Å². The Morgan fingerprint density at radius 3 is 1.91 bits per heavy atom. The SMILES string of the molecule is CC.CC1CC(=O)NC(=O)C1C1C(=O)c2ccccc2C1=O. The Hall–Kier alpha value is -2.30. The summed E-state index contributed by atoms with van der Waals surface area (Å²) in [5.74, 6) is -3.57. The van der Waals surface area contributed by atoms with E-state index in [0.29, 0.717) is 11.1 Å². The Labute approximate surface area is 129 Å². The number of imide groups is 1. The van der Waals surface area contributed by atoms with Gasteiger partial charge < -0.3 is 0 Å². The molecule has 5 heteroatoms. The molecule has 1 aromatic carbocycles. The van der Waals surface area contributed by atoms with Crippen LogP contribution in [-0.4, -0.2) is 23.4 Å². The van der Waals surface area contributed by atoms with Crippen LogP contribution >= 0.6 is 0 Å². The Bertz CT molecular complexity index is 615. The molecule has 116 valence electrons. The molecule has 0 spiro atoms. The van der Waals surface area contributed by atoms with E-state index >= 15 is 0 Å². The van der Waals surface area contributed by atoms with Gasteiger partial charge in [-0.3, -0.25) is 24.5 Å². The summed E-state index contributed by atoms with van der Waals surface area (Å²) in [6.07, 6.45) is 0.157. The normalized spacial score (nSPS) is 24.5. The van der Waals surface area contributed by atoms with Crippen LogP contribution in [0.25, 0.3) is 0 Å². The highest BCUT2D eigenvalue weighted by molar-refractivity contribution is 6.28. The van der Waals surface area contributed by atoms with E-state index in [1.807, 2.05) is 13.8 Å². The molecule has 5 nitrogen and oxygen atoms in total. The van der Waals surface area contributed by atoms with E-state index < -0.39 is 17.7 Å². The lowest BCUT2D eigenvalue weighted by atomic mass is 9.75. The van der Waals surface area contributed by atoms with Crippen LogP contribution in [0.2, 0.25) is 0 Å². The summed E-state index contributed by atoms with van der Waals surface area (Å²) in [7, 11) is 0. The second-order valence-electron chi connectivity index (χ2n) is 5.37. The molecule has 1 aliphatic heterocycles. The zero-order chi connectivity index (χ0) is 16.4. The number of piperidine rings is 1. The van der Waals surface area contributed by atoms with Gasteiger partial charge in [0, 0.05) is 17.5 Å². The van der Waals surface area contributed by atoms with Crippen molar-refractivity contribution in [3.05, 3.63) is 35.4 Å². The average Bonchev–Trinajstić information content (AvgIpc) is 2.74. The maximum Gasteiger partial charge on any atom is 0.231 e. The molecule has 1 heterocycles. The second-order valence-corrected chi connectivity index (χ2v) is 5.37. The van der Waals surface area contributed by atoms with Crippen LogP contribution in [0, 0.1) is 17.8 Å². The third kappa shape index (κ3) is 2.47. The van der Waals surface area contributed by atoms with E-state index in [1.165, 1.54) is 0 Å². The van der Waals surface area contributed by atoms with Crippen molar-refractivity contribution in [1.82, 2.24) is 5.32 Å². The minimum Gasteiger partial charge on any atom is -0.296 e. The van der Waals surface area contributed by atoms with Gasteiger partial charge >= 0.3 is 0 Å². The fraction of sp³-hybridized carbons (Fsp3) is 0.412. The van der Waals surface area contributed by atoms with Gasteiger partial charge in [-0.2, -0.15) is 0 Å². The number of nitrogens with one attached hydrogen (secondary N) is 1. The van der Waals surface area contributed by atoms with Crippen molar-refractivity contribution in [2.24, 2.45) is 17.8 Å². The van der Waals surface area contributed by atoms with Crippen molar-refractivity contribution in [3.63, 3.8) is 0 Å². The maximum absolute atomic E-state index is 12.4. The Morgan fingerprint density at radius 1 is 0.955 bits per heavy atom. The molecule has 22 heavy (non-hydrogen) atoms. The van der Waals surface area contributed by atoms with Gasteiger partial charge in [-0.25, -0.2) is 0 Å². The number of ketones is 2. The lowest BCUT2D eigenvalue weighted by molar-refractivity contribution is -0.139. The Morgan fingerprint density at radius 2 is 1.45 bits per heavy atom. The van der Waals surface area contributed by atoms with Crippen molar-refractivity contribution >= 4 is 23.4 Å². The zero-order valence-corrected chi connectivity index (χ0v) is 12.9. The number of hydrogen-bond donors (Lipinski definition) is 1. The minimum absolute atomic E-state index is 0.157. The summed E-state index contributed by atoms with van der Waals surface area (Å²) >= 11 is 0. The summed E-state index contributed by atoms with van der Waals surface area (Å²) < 4.78 is 0. The molecule has 2 amide bonds. The van der Waals surface area contributed by atoms with Gasteiger partial charge in [-0.05, 0) is 5.92 Å². The molecule has 0 radical (unpaired) electrons. The third-order valence-electron chi connectivity index (χ3n) is 4.07. The van der Waals surface area contributed by atoms with E-state index in [4.69, 9.17) is 0 Å². The van der Waals surface area contributed by atoms with E-state index in [0.717, 1.165) is 0 Å². The fourth-order valence-electron chi connectivity index (χ4n) is 3.12. The maximum atomic E-state index is 12.4. The number of carbonyl (C=O) groups is 4. The van der Waals surface area contributed by atoms with Gasteiger partial charge in [0.25, 0.3) is 0 Å². The molecular weight excluding hydrogens is 282 g/mol. The lowest BCUT2D eigenvalue weighted by Gasteiger charge is -2.30. The first kappa shape index (κ1) is 16.1. The first-order valence-electron chi connectivity index (χ1n) is 7.52. The Kier molecular flexibility index (Phi) is 4.54. The summed E-state index contributed by atoms with van der Waals surface area (Å²) in [5, 5.41) is 2.22. The highest BCUT2D eigenvalue weighted by Gasteiger charge is 2.49. The molecular formula is C17H19NO4. The summed E-state index contributed by atoms with van der Waals surface area (Å²) in [5.41, 5.74) is 0.749. The monoisotopic (exact) mass is 301 g/mol. The molecule has 1 aromatic rings. The third-order valence-corrected chi connectivity index (χ3v) is 4.07. The molecule has 2 aliphatic rings. The zero-order valence-electron chi connectivity index (χ0n) is 12.9. The van der Waals surface area contributed by atoms with E-state index in [9.17, 15) is 19.2 Å². The van der Waals surface area contributed by atoms with Crippen LogP contribution < -0.4 is 5.32 Å². The van der Waals surface area contributed by atoms with Crippen molar-refractivity contribution in [2.75, 3.05) is 0 Å². The highest BCUT2D eigenvalue weighted by atomic mass is 16.2. The summed E-state index contributed by atoms with van der Waals surface area (Å²) in [4.78, 5) is 48.1. The largest absolute Gasteiger partial charge is 0.296 e. The van der Waals surface area contributed by atoms with Crippen molar-refractivity contribution in [3.8, 4) is 0 Å². The van der Waals surface area contributed by atoms with Crippen molar-refractivity contribution in [1.29, 1.82) is 0 Å². The number of hydrogen-bond acceptors (Lipinski definition) is 4. The number of amides is 2. The Balaban J connectivity index is 0.000000847. The van der Waals surface area contributed by atoms with Gasteiger partial charge in [0.2, 0.25) is 11.8 Å². The number of benzene rings is 1. The van der Waals surface area contributed by atoms with Crippen molar-refractivity contribution in [2.45, 2.75) is 27.2 Å². The van der Waals surface area contributed by atoms with Crippen LogP contribution in [0.15, 0.2) is 24.3 Å². The molecule has 0 bridgehead atoms. The van der Waals surface area contributed by atoms with Crippen LogP contribution in [0.4, 0.5) is 0 Å². The highest BCUT2D eigenvalue weighted by Crippen LogP contribution is 2.37. The first-order chi connectivity index (χ1) is 10.5. The topological polar surface area (TPSA) is 80.3 Å². The lowest BCUT2D eigenvalue weighted by Crippen LogP contribution is -2.50. The van der Waals surface area contributed by atoms with Gasteiger partial charge in [-0.1, -0.05) is 45.0 Å². The smallest absolute Gasteiger partial charge is 0.231 e. The van der Waals surface area contributed by atoms with E-state index in [1.54, 1.807) is 31.2 Å². The minimum atomic E-state index is -0.990. The van der Waals surface area contributed by atoms with Gasteiger partial charge in [-0.15, -0.1) is 0 Å². The van der Waals surface area contributed by atoms with Crippen LogP contribution in [0.3, 0.4) is 0 Å². The predicted octanol–water partition coefficient (Wildman–Crippen LogP) is 2.01. The molecule has 2 atom stereocenters. The summed E-state index contributed by atoms with van der Waals surface area (Å²) in [6, 6.07) is 6.60. The molecule has 3 rings (SSSR count). The molecule has 0 aromatic heterocycles. The van der Waals surface area contributed by atoms with E-state index in [2.05, 4.69) is 5.32 Å². The summed E-state index contributed by atoms with van der Waals surface area (Å²) in [6.45, 7) is 5.73. The van der Waals surface area contributed by atoms with Crippen LogP contribution in [0.5, 0.6) is 0 Å².